The number of carbonyl (C=O) groups is 4. The summed E-state index contributed by atoms with van der Waals surface area (Å²) in [7, 11) is 0. The molecule has 0 spiro atoms. The Kier molecular flexibility index (Phi) is 14.4. The number of nitrogens with one attached hydrogen (secondary N) is 6. The highest BCUT2D eigenvalue weighted by Crippen LogP contribution is 2.24. The highest BCUT2D eigenvalue weighted by atomic mass is 16.6. The number of urea groups is 2. The number of amidine groups is 2. The van der Waals surface area contributed by atoms with Crippen LogP contribution in [0.5, 0.6) is 0 Å². The van der Waals surface area contributed by atoms with Gasteiger partial charge in [0, 0.05) is 52.4 Å². The van der Waals surface area contributed by atoms with E-state index >= 15 is 0 Å². The number of ether oxygens (including phenoxy) is 2. The molecule has 2 unspecified atom stereocenters. The summed E-state index contributed by atoms with van der Waals surface area (Å²) in [4.78, 5) is 58.7. The Morgan fingerprint density at radius 2 is 0.846 bits per heavy atom. The Labute approximate surface area is 306 Å². The molecule has 5 fully saturated rings. The van der Waals surface area contributed by atoms with Crippen molar-refractivity contribution in [2.24, 2.45) is 23.3 Å². The molecule has 1 aliphatic carbocycles. The fourth-order valence-electron chi connectivity index (χ4n) is 7.99. The summed E-state index contributed by atoms with van der Waals surface area (Å²) in [6.45, 7) is 6.31. The molecule has 0 aromatic rings. The number of hydrogen-bond donors (Lipinski definition) is 8. The number of hydrogen-bond acceptors (Lipinski definition) is 10. The third-order valence-electron chi connectivity index (χ3n) is 11.2. The highest BCUT2D eigenvalue weighted by Gasteiger charge is 2.34. The number of amides is 6. The minimum absolute atomic E-state index is 0.0311. The third kappa shape index (κ3) is 11.0. The first-order valence-corrected chi connectivity index (χ1v) is 19.2. The van der Waals surface area contributed by atoms with Gasteiger partial charge in [-0.25, -0.2) is 19.2 Å². The first-order chi connectivity index (χ1) is 25.1. The van der Waals surface area contributed by atoms with Crippen molar-refractivity contribution in [2.45, 2.75) is 88.5 Å². The molecule has 5 rings (SSSR count). The fraction of sp³-hybridized carbons (Fsp3) is 0.824. The summed E-state index contributed by atoms with van der Waals surface area (Å²) < 4.78 is 11.8. The van der Waals surface area contributed by atoms with E-state index in [4.69, 9.17) is 31.8 Å². The second-order valence-electron chi connectivity index (χ2n) is 14.8. The van der Waals surface area contributed by atoms with Crippen LogP contribution in [0.25, 0.3) is 0 Å². The Bertz CT molecular complexity index is 1140. The minimum atomic E-state index is -0.493. The molecule has 2 atom stereocenters. The fourth-order valence-corrected chi connectivity index (χ4v) is 7.99. The summed E-state index contributed by atoms with van der Waals surface area (Å²) in [5, 5.41) is 28.5. The summed E-state index contributed by atoms with van der Waals surface area (Å²) >= 11 is 0. The molecule has 1 saturated carbocycles. The minimum Gasteiger partial charge on any atom is -0.446 e. The summed E-state index contributed by atoms with van der Waals surface area (Å²) in [5.41, 5.74) is 11.7. The number of nitrogens with two attached hydrogens (primary N) is 2. The van der Waals surface area contributed by atoms with Gasteiger partial charge in [0.15, 0.2) is 0 Å². The van der Waals surface area contributed by atoms with Crippen molar-refractivity contribution in [3.05, 3.63) is 0 Å². The zero-order valence-electron chi connectivity index (χ0n) is 30.4. The van der Waals surface area contributed by atoms with E-state index in [9.17, 15) is 19.2 Å². The molecule has 0 aromatic heterocycles. The van der Waals surface area contributed by atoms with Gasteiger partial charge in [0.25, 0.3) is 0 Å². The zero-order valence-corrected chi connectivity index (χ0v) is 30.4. The third-order valence-corrected chi connectivity index (χ3v) is 11.2. The quantitative estimate of drug-likeness (QED) is 0.128. The molecule has 0 aromatic carbocycles. The lowest BCUT2D eigenvalue weighted by atomic mass is 9.89. The number of rotatable bonds is 8. The molecule has 52 heavy (non-hydrogen) atoms. The smallest absolute Gasteiger partial charge is 0.410 e. The average molecular weight is 733 g/mol. The second-order valence-corrected chi connectivity index (χ2v) is 14.8. The van der Waals surface area contributed by atoms with Crippen molar-refractivity contribution in [3.8, 4) is 0 Å². The molecule has 0 bridgehead atoms. The lowest BCUT2D eigenvalue weighted by Gasteiger charge is -2.37. The average Bonchev–Trinajstić information content (AvgIpc) is 3.15. The molecular formula is C34H60N12O6. The number of nitrogens with zero attached hydrogens (tertiary/aromatic N) is 4. The van der Waals surface area contributed by atoms with Gasteiger partial charge in [0.05, 0.1) is 12.1 Å². The van der Waals surface area contributed by atoms with Crippen LogP contribution in [0.4, 0.5) is 19.2 Å². The van der Waals surface area contributed by atoms with Gasteiger partial charge in [-0.05, 0) is 102 Å². The van der Waals surface area contributed by atoms with Crippen molar-refractivity contribution >= 4 is 35.9 Å². The lowest BCUT2D eigenvalue weighted by Crippen LogP contribution is -2.58. The van der Waals surface area contributed by atoms with Crippen LogP contribution in [-0.4, -0.2) is 158 Å². The predicted octanol–water partition coefficient (Wildman–Crippen LogP) is 0.614. The molecule has 18 nitrogen and oxygen atoms in total. The van der Waals surface area contributed by atoms with Crippen LogP contribution in [0.3, 0.4) is 0 Å². The molecule has 4 saturated heterocycles. The van der Waals surface area contributed by atoms with E-state index < -0.39 is 12.1 Å². The van der Waals surface area contributed by atoms with Crippen LogP contribution in [-0.2, 0) is 9.47 Å². The van der Waals surface area contributed by atoms with Crippen LogP contribution in [0.15, 0.2) is 0 Å². The summed E-state index contributed by atoms with van der Waals surface area (Å²) in [5.74, 6) is 0.198. The van der Waals surface area contributed by atoms with Crippen molar-refractivity contribution < 1.29 is 28.7 Å². The van der Waals surface area contributed by atoms with E-state index in [-0.39, 0.29) is 60.0 Å². The topological polar surface area (TPSA) is 248 Å². The molecule has 292 valence electrons. The number of piperidine rings is 2. The Morgan fingerprint density at radius 1 is 0.538 bits per heavy atom. The van der Waals surface area contributed by atoms with Gasteiger partial charge >= 0.3 is 24.2 Å². The Hall–Kier alpha value is -4.06. The van der Waals surface area contributed by atoms with E-state index in [0.29, 0.717) is 78.0 Å². The standard InChI is InChI=1S/C34H60N12O6/c35-29(36)27(23-7-11-39-12-8-23)41-31(47)43-15-19-45(20-16-43)33(49)51-25-3-1-4-26(6-2-5-25)52-34(50)46-21-17-44(18-22-46)32(48)42-28(30(37)38)24-9-13-40-14-10-24/h23-28,39-40H,1-22H2,(H3,35,36)(H3,37,38)(H,41,47)(H,42,48)/t25-,26+,27?,28?. The van der Waals surface area contributed by atoms with Crippen molar-refractivity contribution in [3.63, 3.8) is 0 Å². The molecule has 10 N–H and O–H groups in total. The first-order valence-electron chi connectivity index (χ1n) is 19.2. The van der Waals surface area contributed by atoms with Gasteiger partial charge in [-0.1, -0.05) is 0 Å². The maximum absolute atomic E-state index is 13.0. The summed E-state index contributed by atoms with van der Waals surface area (Å²) in [6.07, 6.45) is 6.42. The van der Waals surface area contributed by atoms with Gasteiger partial charge < -0.3 is 61.8 Å². The van der Waals surface area contributed by atoms with Crippen LogP contribution >= 0.6 is 0 Å². The number of piperazine rings is 2. The Morgan fingerprint density at radius 3 is 1.15 bits per heavy atom. The first kappa shape index (κ1) is 39.2. The predicted molar refractivity (Wildman–Crippen MR) is 194 cm³/mol. The van der Waals surface area contributed by atoms with Gasteiger partial charge in [-0.15, -0.1) is 0 Å². The van der Waals surface area contributed by atoms with E-state index in [2.05, 4.69) is 21.3 Å². The van der Waals surface area contributed by atoms with Crippen LogP contribution in [0.1, 0.15) is 64.2 Å². The van der Waals surface area contributed by atoms with Crippen molar-refractivity contribution in [1.82, 2.24) is 40.9 Å². The van der Waals surface area contributed by atoms with E-state index in [1.165, 1.54) is 0 Å². The largest absolute Gasteiger partial charge is 0.446 e. The normalized spacial score (nSPS) is 25.2. The summed E-state index contributed by atoms with van der Waals surface area (Å²) in [6, 6.07) is -1.52. The van der Waals surface area contributed by atoms with Gasteiger partial charge in [0.1, 0.15) is 23.9 Å². The maximum atomic E-state index is 13.0. The monoisotopic (exact) mass is 732 g/mol. The highest BCUT2D eigenvalue weighted by molar-refractivity contribution is 5.89. The van der Waals surface area contributed by atoms with Gasteiger partial charge in [-0.3, -0.25) is 10.8 Å². The van der Waals surface area contributed by atoms with Crippen LogP contribution in [0, 0.1) is 22.7 Å². The molecule has 18 heteroatoms. The second kappa shape index (κ2) is 19.1. The molecule has 5 aliphatic rings. The van der Waals surface area contributed by atoms with Crippen LogP contribution in [0.2, 0.25) is 0 Å². The van der Waals surface area contributed by atoms with Crippen LogP contribution < -0.4 is 32.7 Å². The Balaban J connectivity index is 0.966. The molecule has 0 radical (unpaired) electrons. The van der Waals surface area contributed by atoms with Gasteiger partial charge in [-0.2, -0.15) is 0 Å². The lowest BCUT2D eigenvalue weighted by molar-refractivity contribution is 0.0196. The number of carbonyl (C=O) groups excluding carboxylic acids is 4. The van der Waals surface area contributed by atoms with Crippen molar-refractivity contribution in [1.29, 1.82) is 10.8 Å². The molecular weight excluding hydrogens is 672 g/mol. The molecule has 6 amide bonds. The maximum Gasteiger partial charge on any atom is 0.410 e. The molecule has 4 aliphatic heterocycles. The zero-order chi connectivity index (χ0) is 37.0. The van der Waals surface area contributed by atoms with E-state index in [1.54, 1.807) is 19.6 Å². The van der Waals surface area contributed by atoms with Gasteiger partial charge in [0.2, 0.25) is 0 Å². The van der Waals surface area contributed by atoms with E-state index in [0.717, 1.165) is 64.7 Å². The SMILES string of the molecule is N=C(N)C(NC(=O)N1CCN(C(=O)O[C@H]2CCC[C@@H](OC(=O)N3CCN(C(=O)NC(C(=N)N)C4CCNCC4)CC3)CCC2)CC1)C1CCNCC1. The van der Waals surface area contributed by atoms with Crippen molar-refractivity contribution in [2.75, 3.05) is 78.5 Å². The van der Waals surface area contributed by atoms with E-state index in [1.807, 2.05) is 0 Å². The molecule has 4 heterocycles.